The van der Waals surface area contributed by atoms with Gasteiger partial charge in [0.25, 0.3) is 0 Å². The molecule has 6 heteroatoms. The minimum Gasteiger partial charge on any atom is -0.493 e. The predicted octanol–water partition coefficient (Wildman–Crippen LogP) is 1.22. The number of carbonyl (C=O) groups excluding carboxylic acids is 1. The van der Waals surface area contributed by atoms with Gasteiger partial charge < -0.3 is 10.1 Å². The van der Waals surface area contributed by atoms with Gasteiger partial charge in [0.15, 0.2) is 0 Å². The van der Waals surface area contributed by atoms with Crippen molar-refractivity contribution >= 4 is 5.91 Å². The standard InChI is InChI=1S/C13H14N2O4/c16-12-4-2-10(15(17)18)13(14-12)9-1-3-11-8(7-9)5-6-19-11/h1,3,7,10,13H,2,4-6H2,(H,14,16)/t10-,13+/m1/s1. The number of hydrogen-bond acceptors (Lipinski definition) is 4. The van der Waals surface area contributed by atoms with Crippen LogP contribution in [0.2, 0.25) is 0 Å². The van der Waals surface area contributed by atoms with Gasteiger partial charge in [-0.05, 0) is 23.3 Å². The Bertz CT molecular complexity index is 543. The van der Waals surface area contributed by atoms with E-state index in [1.54, 1.807) is 6.07 Å². The minimum absolute atomic E-state index is 0.125. The summed E-state index contributed by atoms with van der Waals surface area (Å²) in [5.41, 5.74) is 1.85. The molecule has 2 aliphatic heterocycles. The third-order valence-corrected chi connectivity index (χ3v) is 3.71. The van der Waals surface area contributed by atoms with E-state index in [1.165, 1.54) is 0 Å². The first-order valence-corrected chi connectivity index (χ1v) is 6.33. The molecule has 0 saturated carbocycles. The number of ether oxygens (including phenoxy) is 1. The Morgan fingerprint density at radius 1 is 1.37 bits per heavy atom. The Balaban J connectivity index is 1.93. The van der Waals surface area contributed by atoms with Crippen molar-refractivity contribution in [3.63, 3.8) is 0 Å². The number of nitrogens with one attached hydrogen (secondary N) is 1. The molecule has 1 aromatic rings. The van der Waals surface area contributed by atoms with Gasteiger partial charge in [-0.3, -0.25) is 14.9 Å². The van der Waals surface area contributed by atoms with Gasteiger partial charge in [0, 0.05) is 24.2 Å². The molecule has 2 atom stereocenters. The molecule has 1 N–H and O–H groups in total. The van der Waals surface area contributed by atoms with Gasteiger partial charge in [-0.25, -0.2) is 0 Å². The quantitative estimate of drug-likeness (QED) is 0.641. The lowest BCUT2D eigenvalue weighted by atomic mass is 9.91. The van der Waals surface area contributed by atoms with E-state index in [1.807, 2.05) is 12.1 Å². The highest BCUT2D eigenvalue weighted by Gasteiger charge is 2.38. The number of fused-ring (bicyclic) bond motifs is 1. The summed E-state index contributed by atoms with van der Waals surface area (Å²) in [6, 6.07) is 4.25. The Morgan fingerprint density at radius 3 is 3.00 bits per heavy atom. The van der Waals surface area contributed by atoms with E-state index >= 15 is 0 Å². The number of piperidine rings is 1. The fourth-order valence-electron chi connectivity index (χ4n) is 2.72. The van der Waals surface area contributed by atoms with Gasteiger partial charge in [0.05, 0.1) is 6.61 Å². The summed E-state index contributed by atoms with van der Waals surface area (Å²) in [6.45, 7) is 0.647. The summed E-state index contributed by atoms with van der Waals surface area (Å²) >= 11 is 0. The second kappa shape index (κ2) is 4.53. The highest BCUT2D eigenvalue weighted by molar-refractivity contribution is 5.77. The van der Waals surface area contributed by atoms with Crippen molar-refractivity contribution in [3.8, 4) is 5.75 Å². The van der Waals surface area contributed by atoms with E-state index < -0.39 is 12.1 Å². The summed E-state index contributed by atoms with van der Waals surface area (Å²) in [5, 5.41) is 13.8. The maximum Gasteiger partial charge on any atom is 0.237 e. The lowest BCUT2D eigenvalue weighted by Gasteiger charge is -2.27. The third kappa shape index (κ3) is 2.14. The molecular weight excluding hydrogens is 248 g/mol. The average molecular weight is 262 g/mol. The van der Waals surface area contributed by atoms with Crippen LogP contribution in [-0.4, -0.2) is 23.5 Å². The SMILES string of the molecule is O=C1CC[C@@H]([N+](=O)[O-])[C@H](c2ccc3c(c2)CCO3)N1. The normalized spacial score (nSPS) is 25.4. The van der Waals surface area contributed by atoms with E-state index in [2.05, 4.69) is 5.32 Å². The van der Waals surface area contributed by atoms with Crippen LogP contribution in [0, 0.1) is 10.1 Å². The molecule has 6 nitrogen and oxygen atoms in total. The topological polar surface area (TPSA) is 81.5 Å². The highest BCUT2D eigenvalue weighted by Crippen LogP contribution is 2.32. The van der Waals surface area contributed by atoms with Crippen molar-refractivity contribution in [2.45, 2.75) is 31.3 Å². The molecular formula is C13H14N2O4. The summed E-state index contributed by atoms with van der Waals surface area (Å²) < 4.78 is 5.41. The molecule has 0 aromatic heterocycles. The molecule has 3 rings (SSSR count). The number of nitro groups is 1. The van der Waals surface area contributed by atoms with Gasteiger partial charge in [-0.1, -0.05) is 6.07 Å². The van der Waals surface area contributed by atoms with Crippen LogP contribution in [0.25, 0.3) is 0 Å². The number of carbonyl (C=O) groups is 1. The van der Waals surface area contributed by atoms with Crippen molar-refractivity contribution in [2.75, 3.05) is 6.61 Å². The lowest BCUT2D eigenvalue weighted by Crippen LogP contribution is -2.45. The van der Waals surface area contributed by atoms with Crippen LogP contribution in [0.3, 0.4) is 0 Å². The zero-order chi connectivity index (χ0) is 13.4. The van der Waals surface area contributed by atoms with Crippen LogP contribution >= 0.6 is 0 Å². The van der Waals surface area contributed by atoms with E-state index in [0.717, 1.165) is 23.3 Å². The molecule has 1 aromatic carbocycles. The van der Waals surface area contributed by atoms with Crippen LogP contribution in [0.5, 0.6) is 5.75 Å². The Labute approximate surface area is 109 Å². The lowest BCUT2D eigenvalue weighted by molar-refractivity contribution is -0.529. The van der Waals surface area contributed by atoms with Gasteiger partial charge in [0.1, 0.15) is 11.8 Å². The molecule has 1 amide bonds. The summed E-state index contributed by atoms with van der Waals surface area (Å²) in [6.07, 6.45) is 1.32. The zero-order valence-corrected chi connectivity index (χ0v) is 10.3. The molecule has 2 heterocycles. The number of amides is 1. The van der Waals surface area contributed by atoms with Gasteiger partial charge in [-0.15, -0.1) is 0 Å². The van der Waals surface area contributed by atoms with Crippen LogP contribution < -0.4 is 10.1 Å². The number of nitrogens with zero attached hydrogens (tertiary/aromatic N) is 1. The second-order valence-corrected chi connectivity index (χ2v) is 4.90. The smallest absolute Gasteiger partial charge is 0.237 e. The molecule has 0 radical (unpaired) electrons. The van der Waals surface area contributed by atoms with Crippen molar-refractivity contribution in [3.05, 3.63) is 39.4 Å². The molecule has 19 heavy (non-hydrogen) atoms. The van der Waals surface area contributed by atoms with Crippen LogP contribution in [0.15, 0.2) is 18.2 Å². The molecule has 1 fully saturated rings. The number of rotatable bonds is 2. The first kappa shape index (κ1) is 12.0. The minimum atomic E-state index is -0.752. The van der Waals surface area contributed by atoms with Crippen molar-refractivity contribution < 1.29 is 14.5 Å². The van der Waals surface area contributed by atoms with Crippen LogP contribution in [0.1, 0.15) is 30.0 Å². The van der Waals surface area contributed by atoms with Gasteiger partial charge >= 0.3 is 0 Å². The second-order valence-electron chi connectivity index (χ2n) is 4.90. The largest absolute Gasteiger partial charge is 0.493 e. The number of hydrogen-bond donors (Lipinski definition) is 1. The fourth-order valence-corrected chi connectivity index (χ4v) is 2.72. The summed E-state index contributed by atoms with van der Waals surface area (Å²) in [4.78, 5) is 22.3. The molecule has 0 unspecified atom stereocenters. The maximum atomic E-state index is 11.5. The average Bonchev–Trinajstić information content (AvgIpc) is 2.85. The van der Waals surface area contributed by atoms with Crippen molar-refractivity contribution in [1.29, 1.82) is 0 Å². The van der Waals surface area contributed by atoms with Gasteiger partial charge in [-0.2, -0.15) is 0 Å². The van der Waals surface area contributed by atoms with Crippen LogP contribution in [-0.2, 0) is 11.2 Å². The van der Waals surface area contributed by atoms with E-state index in [4.69, 9.17) is 4.74 Å². The zero-order valence-electron chi connectivity index (χ0n) is 10.3. The van der Waals surface area contributed by atoms with E-state index in [0.29, 0.717) is 6.61 Å². The maximum absolute atomic E-state index is 11.5. The summed E-state index contributed by atoms with van der Waals surface area (Å²) in [7, 11) is 0. The van der Waals surface area contributed by atoms with Gasteiger partial charge in [0.2, 0.25) is 11.9 Å². The first-order valence-electron chi connectivity index (χ1n) is 6.33. The molecule has 1 saturated heterocycles. The Kier molecular flexibility index (Phi) is 2.85. The molecule has 100 valence electrons. The Hall–Kier alpha value is -2.11. The first-order chi connectivity index (χ1) is 9.15. The molecule has 0 aliphatic carbocycles. The molecule has 0 bridgehead atoms. The third-order valence-electron chi connectivity index (χ3n) is 3.71. The highest BCUT2D eigenvalue weighted by atomic mass is 16.6. The number of benzene rings is 1. The fraction of sp³-hybridized carbons (Fsp3) is 0.462. The molecule has 0 spiro atoms. The predicted molar refractivity (Wildman–Crippen MR) is 66.5 cm³/mol. The van der Waals surface area contributed by atoms with E-state index in [9.17, 15) is 14.9 Å². The summed E-state index contributed by atoms with van der Waals surface area (Å²) in [5.74, 6) is 0.711. The van der Waals surface area contributed by atoms with Crippen LogP contribution in [0.4, 0.5) is 0 Å². The monoisotopic (exact) mass is 262 g/mol. The van der Waals surface area contributed by atoms with Crippen molar-refractivity contribution in [2.24, 2.45) is 0 Å². The van der Waals surface area contributed by atoms with Crippen molar-refractivity contribution in [1.82, 2.24) is 5.32 Å². The Morgan fingerprint density at radius 2 is 2.21 bits per heavy atom. The van der Waals surface area contributed by atoms with E-state index in [-0.39, 0.29) is 23.7 Å². The molecule has 2 aliphatic rings.